The SMILES string of the molecule is CCC(Cc1cccc(Br)c1)C(=O)N(C)CCNC.Cl. The Kier molecular flexibility index (Phi) is 9.90. The number of carbonyl (C=O) groups is 1. The molecule has 1 amide bonds. The molecule has 5 heteroatoms. The highest BCUT2D eigenvalue weighted by molar-refractivity contribution is 9.10. The molecule has 0 saturated heterocycles. The molecule has 114 valence electrons. The molecule has 0 aliphatic rings. The minimum Gasteiger partial charge on any atom is -0.344 e. The van der Waals surface area contributed by atoms with E-state index >= 15 is 0 Å². The van der Waals surface area contributed by atoms with Gasteiger partial charge < -0.3 is 10.2 Å². The zero-order valence-corrected chi connectivity index (χ0v) is 14.8. The van der Waals surface area contributed by atoms with Gasteiger partial charge in [-0.15, -0.1) is 12.4 Å². The Labute approximate surface area is 136 Å². The fourth-order valence-electron chi connectivity index (χ4n) is 2.06. The van der Waals surface area contributed by atoms with E-state index in [9.17, 15) is 4.79 Å². The maximum Gasteiger partial charge on any atom is 0.225 e. The van der Waals surface area contributed by atoms with Crippen molar-refractivity contribution in [2.24, 2.45) is 5.92 Å². The molecule has 0 heterocycles. The fourth-order valence-corrected chi connectivity index (χ4v) is 2.50. The van der Waals surface area contributed by atoms with E-state index in [0.717, 1.165) is 30.4 Å². The Bertz CT molecular complexity index is 415. The van der Waals surface area contributed by atoms with Crippen LogP contribution >= 0.6 is 28.3 Å². The summed E-state index contributed by atoms with van der Waals surface area (Å²) in [5.41, 5.74) is 1.21. The summed E-state index contributed by atoms with van der Waals surface area (Å²) in [5.74, 6) is 0.300. The summed E-state index contributed by atoms with van der Waals surface area (Å²) in [4.78, 5) is 14.2. The van der Waals surface area contributed by atoms with Crippen molar-refractivity contribution in [1.29, 1.82) is 0 Å². The molecule has 0 fully saturated rings. The third-order valence-electron chi connectivity index (χ3n) is 3.29. The van der Waals surface area contributed by atoms with Crippen LogP contribution in [0.1, 0.15) is 18.9 Å². The van der Waals surface area contributed by atoms with Crippen molar-refractivity contribution in [2.45, 2.75) is 19.8 Å². The first-order chi connectivity index (χ1) is 9.08. The van der Waals surface area contributed by atoms with Gasteiger partial charge in [0.1, 0.15) is 0 Å². The molecule has 0 saturated carbocycles. The third kappa shape index (κ3) is 6.25. The molecule has 3 nitrogen and oxygen atoms in total. The predicted molar refractivity (Wildman–Crippen MR) is 90.4 cm³/mol. The molecule has 0 aliphatic carbocycles. The maximum atomic E-state index is 12.4. The summed E-state index contributed by atoms with van der Waals surface area (Å²) in [7, 11) is 3.78. The van der Waals surface area contributed by atoms with E-state index < -0.39 is 0 Å². The molecular formula is C15H24BrClN2O. The monoisotopic (exact) mass is 362 g/mol. The van der Waals surface area contributed by atoms with Crippen molar-refractivity contribution in [1.82, 2.24) is 10.2 Å². The van der Waals surface area contributed by atoms with Crippen LogP contribution in [0.3, 0.4) is 0 Å². The molecule has 1 atom stereocenters. The molecule has 0 radical (unpaired) electrons. The van der Waals surface area contributed by atoms with Gasteiger partial charge in [0.05, 0.1) is 0 Å². The molecule has 0 bridgehead atoms. The normalized spacial score (nSPS) is 11.6. The van der Waals surface area contributed by atoms with Gasteiger partial charge in [-0.1, -0.05) is 35.0 Å². The van der Waals surface area contributed by atoms with Gasteiger partial charge in [0.15, 0.2) is 0 Å². The van der Waals surface area contributed by atoms with Crippen molar-refractivity contribution in [3.63, 3.8) is 0 Å². The molecule has 20 heavy (non-hydrogen) atoms. The van der Waals surface area contributed by atoms with Gasteiger partial charge in [0.25, 0.3) is 0 Å². The molecule has 1 aromatic carbocycles. The second-order valence-corrected chi connectivity index (χ2v) is 5.72. The molecular weight excluding hydrogens is 340 g/mol. The number of amides is 1. The van der Waals surface area contributed by atoms with E-state index in [1.54, 1.807) is 0 Å². The van der Waals surface area contributed by atoms with Gasteiger partial charge in [-0.2, -0.15) is 0 Å². The highest BCUT2D eigenvalue weighted by Crippen LogP contribution is 2.18. The van der Waals surface area contributed by atoms with Crippen LogP contribution in [0, 0.1) is 5.92 Å². The van der Waals surface area contributed by atoms with Crippen molar-refractivity contribution < 1.29 is 4.79 Å². The average Bonchev–Trinajstić information content (AvgIpc) is 2.41. The first kappa shape index (κ1) is 19.4. The molecule has 0 aliphatic heterocycles. The number of carbonyl (C=O) groups excluding carboxylic acids is 1. The maximum absolute atomic E-state index is 12.4. The Balaban J connectivity index is 0.00000361. The largest absolute Gasteiger partial charge is 0.344 e. The van der Waals surface area contributed by atoms with Crippen molar-refractivity contribution in [2.75, 3.05) is 27.2 Å². The smallest absolute Gasteiger partial charge is 0.225 e. The molecule has 1 aromatic rings. The lowest BCUT2D eigenvalue weighted by Gasteiger charge is -2.23. The number of benzene rings is 1. The van der Waals surface area contributed by atoms with E-state index in [0.29, 0.717) is 0 Å². The van der Waals surface area contributed by atoms with Gasteiger partial charge in [-0.05, 0) is 37.6 Å². The van der Waals surface area contributed by atoms with Crippen LogP contribution in [0.25, 0.3) is 0 Å². The summed E-state index contributed by atoms with van der Waals surface area (Å²) >= 11 is 3.47. The Morgan fingerprint density at radius 1 is 1.45 bits per heavy atom. The second-order valence-electron chi connectivity index (χ2n) is 4.80. The van der Waals surface area contributed by atoms with Crippen molar-refractivity contribution in [3.05, 3.63) is 34.3 Å². The summed E-state index contributed by atoms with van der Waals surface area (Å²) in [5, 5.41) is 3.07. The fraction of sp³-hybridized carbons (Fsp3) is 0.533. The van der Waals surface area contributed by atoms with Gasteiger partial charge in [-0.3, -0.25) is 4.79 Å². The molecule has 0 spiro atoms. The van der Waals surface area contributed by atoms with Gasteiger partial charge in [0.2, 0.25) is 5.91 Å². The van der Waals surface area contributed by atoms with Gasteiger partial charge in [0, 0.05) is 30.5 Å². The lowest BCUT2D eigenvalue weighted by molar-refractivity contribution is -0.134. The van der Waals surface area contributed by atoms with Crippen molar-refractivity contribution in [3.8, 4) is 0 Å². The first-order valence-electron chi connectivity index (χ1n) is 6.72. The van der Waals surface area contributed by atoms with Crippen LogP contribution in [0.15, 0.2) is 28.7 Å². The van der Waals surface area contributed by atoms with Crippen molar-refractivity contribution >= 4 is 34.2 Å². The standard InChI is InChI=1S/C15H23BrN2O.ClH/c1-4-13(15(19)18(3)9-8-17-2)10-12-6-5-7-14(16)11-12;/h5-7,11,13,17H,4,8-10H2,1-3H3;1H. The highest BCUT2D eigenvalue weighted by atomic mass is 79.9. The molecule has 1 N–H and O–H groups in total. The number of hydrogen-bond acceptors (Lipinski definition) is 2. The van der Waals surface area contributed by atoms with Gasteiger partial charge in [-0.25, -0.2) is 0 Å². The number of rotatable bonds is 7. The zero-order valence-electron chi connectivity index (χ0n) is 12.4. The average molecular weight is 364 g/mol. The first-order valence-corrected chi connectivity index (χ1v) is 7.51. The van der Waals surface area contributed by atoms with E-state index in [2.05, 4.69) is 40.3 Å². The Morgan fingerprint density at radius 2 is 2.15 bits per heavy atom. The lowest BCUT2D eigenvalue weighted by Crippen LogP contribution is -2.37. The Hall–Kier alpha value is -0.580. The lowest BCUT2D eigenvalue weighted by atomic mass is 9.95. The highest BCUT2D eigenvalue weighted by Gasteiger charge is 2.20. The number of hydrogen-bond donors (Lipinski definition) is 1. The van der Waals surface area contributed by atoms with Crippen LogP contribution in [-0.4, -0.2) is 38.0 Å². The van der Waals surface area contributed by atoms with Crippen LogP contribution in [-0.2, 0) is 11.2 Å². The topological polar surface area (TPSA) is 32.3 Å². The minimum atomic E-state index is 0. The number of nitrogens with one attached hydrogen (secondary N) is 1. The van der Waals surface area contributed by atoms with E-state index in [1.165, 1.54) is 5.56 Å². The molecule has 1 unspecified atom stereocenters. The number of halogens is 2. The Morgan fingerprint density at radius 3 is 2.70 bits per heavy atom. The zero-order chi connectivity index (χ0) is 14.3. The minimum absolute atomic E-state index is 0. The third-order valence-corrected chi connectivity index (χ3v) is 3.78. The van der Waals surface area contributed by atoms with E-state index in [4.69, 9.17) is 0 Å². The van der Waals surface area contributed by atoms with Gasteiger partial charge >= 0.3 is 0 Å². The molecule has 0 aromatic heterocycles. The van der Waals surface area contributed by atoms with E-state index in [-0.39, 0.29) is 24.2 Å². The van der Waals surface area contributed by atoms with Crippen LogP contribution in [0.4, 0.5) is 0 Å². The summed E-state index contributed by atoms with van der Waals surface area (Å²) in [6.07, 6.45) is 1.67. The van der Waals surface area contributed by atoms with Crippen LogP contribution < -0.4 is 5.32 Å². The second kappa shape index (κ2) is 10.2. The van der Waals surface area contributed by atoms with Crippen LogP contribution in [0.5, 0.6) is 0 Å². The number of likely N-dealkylation sites (N-methyl/N-ethyl adjacent to an activating group) is 2. The quantitative estimate of drug-likeness (QED) is 0.807. The summed E-state index contributed by atoms with van der Waals surface area (Å²) in [6.45, 7) is 3.66. The summed E-state index contributed by atoms with van der Waals surface area (Å²) in [6, 6.07) is 8.19. The van der Waals surface area contributed by atoms with Crippen LogP contribution in [0.2, 0.25) is 0 Å². The number of nitrogens with zero attached hydrogens (tertiary/aromatic N) is 1. The summed E-state index contributed by atoms with van der Waals surface area (Å²) < 4.78 is 1.07. The predicted octanol–water partition coefficient (Wildman–Crippen LogP) is 3.12. The molecule has 1 rings (SSSR count). The van der Waals surface area contributed by atoms with E-state index in [1.807, 2.05) is 31.1 Å².